The van der Waals surface area contributed by atoms with Gasteiger partial charge in [-0.25, -0.2) is 4.98 Å². The molecule has 2 aromatic rings. The Hall–Kier alpha value is -1.55. The zero-order valence-electron chi connectivity index (χ0n) is 8.61. The van der Waals surface area contributed by atoms with Gasteiger partial charge in [0.1, 0.15) is 4.64 Å². The Labute approximate surface area is 93.2 Å². The standard InChI is InChI=1S/C11H11N3S/c1-7-3-4-9(5-12-7)10-8(2)11(15)14-6-13-10/h3-6H,1-2H3,(H,13,14,15). The molecule has 2 aromatic heterocycles. The molecule has 3 nitrogen and oxygen atoms in total. The Balaban J connectivity index is 2.59. The van der Waals surface area contributed by atoms with E-state index in [1.165, 1.54) is 0 Å². The molecule has 76 valence electrons. The number of hydrogen-bond acceptors (Lipinski definition) is 3. The predicted octanol–water partition coefficient (Wildman–Crippen LogP) is 2.82. The van der Waals surface area contributed by atoms with E-state index in [0.717, 1.165) is 22.5 Å². The third kappa shape index (κ3) is 1.94. The number of pyridine rings is 1. The van der Waals surface area contributed by atoms with Gasteiger partial charge in [-0.1, -0.05) is 12.2 Å². The molecule has 0 amide bonds. The van der Waals surface area contributed by atoms with Gasteiger partial charge in [-0.05, 0) is 26.0 Å². The Morgan fingerprint density at radius 3 is 2.67 bits per heavy atom. The minimum Gasteiger partial charge on any atom is -0.345 e. The molecule has 0 aliphatic heterocycles. The second-order valence-electron chi connectivity index (χ2n) is 3.40. The number of rotatable bonds is 1. The van der Waals surface area contributed by atoms with Crippen LogP contribution in [0.5, 0.6) is 0 Å². The molecule has 0 radical (unpaired) electrons. The first kappa shape index (κ1) is 9.98. The predicted molar refractivity (Wildman–Crippen MR) is 62.1 cm³/mol. The summed E-state index contributed by atoms with van der Waals surface area (Å²) in [5.41, 5.74) is 4.01. The Morgan fingerprint density at radius 1 is 1.20 bits per heavy atom. The number of H-pyrrole nitrogens is 1. The third-order valence-electron chi connectivity index (χ3n) is 2.29. The number of nitrogens with zero attached hydrogens (tertiary/aromatic N) is 2. The molecule has 0 aliphatic carbocycles. The van der Waals surface area contributed by atoms with Crippen LogP contribution in [-0.4, -0.2) is 15.0 Å². The van der Waals surface area contributed by atoms with E-state index < -0.39 is 0 Å². The van der Waals surface area contributed by atoms with Gasteiger partial charge in [0.05, 0.1) is 12.0 Å². The van der Waals surface area contributed by atoms with Gasteiger partial charge in [0.2, 0.25) is 0 Å². The Morgan fingerprint density at radius 2 is 2.00 bits per heavy atom. The summed E-state index contributed by atoms with van der Waals surface area (Å²) in [5, 5.41) is 0. The number of aryl methyl sites for hydroxylation is 1. The summed E-state index contributed by atoms with van der Waals surface area (Å²) >= 11 is 5.12. The van der Waals surface area contributed by atoms with Crippen LogP contribution in [0.4, 0.5) is 0 Å². The lowest BCUT2D eigenvalue weighted by Crippen LogP contribution is -1.92. The van der Waals surface area contributed by atoms with E-state index in [9.17, 15) is 0 Å². The number of aromatic amines is 1. The van der Waals surface area contributed by atoms with Crippen molar-refractivity contribution in [2.24, 2.45) is 0 Å². The van der Waals surface area contributed by atoms with Gasteiger partial charge in [-0.3, -0.25) is 4.98 Å². The van der Waals surface area contributed by atoms with Crippen LogP contribution in [0.3, 0.4) is 0 Å². The van der Waals surface area contributed by atoms with Crippen molar-refractivity contribution in [1.29, 1.82) is 0 Å². The molecule has 0 saturated heterocycles. The van der Waals surface area contributed by atoms with Crippen molar-refractivity contribution >= 4 is 12.2 Å². The fraction of sp³-hybridized carbons (Fsp3) is 0.182. The van der Waals surface area contributed by atoms with Gasteiger partial charge < -0.3 is 4.98 Å². The average Bonchev–Trinajstić information content (AvgIpc) is 2.24. The van der Waals surface area contributed by atoms with E-state index in [4.69, 9.17) is 12.2 Å². The molecular formula is C11H11N3S. The number of hydrogen-bond donors (Lipinski definition) is 1. The van der Waals surface area contributed by atoms with Crippen LogP contribution >= 0.6 is 12.2 Å². The van der Waals surface area contributed by atoms with Crippen LogP contribution in [0.2, 0.25) is 0 Å². The average molecular weight is 217 g/mol. The van der Waals surface area contributed by atoms with Crippen molar-refractivity contribution in [2.45, 2.75) is 13.8 Å². The molecule has 0 spiro atoms. The first-order valence-electron chi connectivity index (χ1n) is 4.66. The molecule has 0 bridgehead atoms. The van der Waals surface area contributed by atoms with Gasteiger partial charge in [-0.2, -0.15) is 0 Å². The van der Waals surface area contributed by atoms with E-state index in [2.05, 4.69) is 15.0 Å². The lowest BCUT2D eigenvalue weighted by atomic mass is 10.1. The molecule has 0 unspecified atom stereocenters. The molecule has 2 rings (SSSR count). The van der Waals surface area contributed by atoms with Gasteiger partial charge in [0.25, 0.3) is 0 Å². The van der Waals surface area contributed by atoms with Gasteiger partial charge >= 0.3 is 0 Å². The summed E-state index contributed by atoms with van der Waals surface area (Å²) in [7, 11) is 0. The second-order valence-corrected chi connectivity index (χ2v) is 3.78. The van der Waals surface area contributed by atoms with Gasteiger partial charge in [-0.15, -0.1) is 0 Å². The first-order valence-corrected chi connectivity index (χ1v) is 5.06. The largest absolute Gasteiger partial charge is 0.345 e. The maximum absolute atomic E-state index is 5.12. The SMILES string of the molecule is Cc1ccc(-c2[nH]cnc(=S)c2C)cn1. The van der Waals surface area contributed by atoms with Crippen LogP contribution in [-0.2, 0) is 0 Å². The van der Waals surface area contributed by atoms with Crippen molar-refractivity contribution < 1.29 is 0 Å². The topological polar surface area (TPSA) is 41.6 Å². The molecule has 4 heteroatoms. The van der Waals surface area contributed by atoms with Crippen LogP contribution in [0.15, 0.2) is 24.7 Å². The van der Waals surface area contributed by atoms with Crippen molar-refractivity contribution in [3.63, 3.8) is 0 Å². The quantitative estimate of drug-likeness (QED) is 0.747. The Bertz CT molecular complexity index is 528. The Kier molecular flexibility index (Phi) is 2.60. The van der Waals surface area contributed by atoms with Crippen LogP contribution in [0, 0.1) is 18.5 Å². The normalized spacial score (nSPS) is 10.3. The minimum absolute atomic E-state index is 0.629. The summed E-state index contributed by atoms with van der Waals surface area (Å²) < 4.78 is 0.629. The molecule has 0 atom stereocenters. The van der Waals surface area contributed by atoms with Crippen molar-refractivity contribution in [2.75, 3.05) is 0 Å². The molecule has 0 aromatic carbocycles. The van der Waals surface area contributed by atoms with E-state index >= 15 is 0 Å². The molecule has 0 fully saturated rings. The van der Waals surface area contributed by atoms with Crippen molar-refractivity contribution in [3.8, 4) is 11.3 Å². The maximum Gasteiger partial charge on any atom is 0.132 e. The van der Waals surface area contributed by atoms with Gasteiger partial charge in [0.15, 0.2) is 0 Å². The van der Waals surface area contributed by atoms with E-state index in [1.807, 2.05) is 32.2 Å². The first-order chi connectivity index (χ1) is 7.18. The molecule has 0 saturated carbocycles. The highest BCUT2D eigenvalue weighted by molar-refractivity contribution is 7.71. The zero-order chi connectivity index (χ0) is 10.8. The highest BCUT2D eigenvalue weighted by Crippen LogP contribution is 2.19. The molecular weight excluding hydrogens is 206 g/mol. The summed E-state index contributed by atoms with van der Waals surface area (Å²) in [6.07, 6.45) is 3.45. The lowest BCUT2D eigenvalue weighted by molar-refractivity contribution is 1.11. The highest BCUT2D eigenvalue weighted by Gasteiger charge is 2.03. The summed E-state index contributed by atoms with van der Waals surface area (Å²) in [6.45, 7) is 3.92. The van der Waals surface area contributed by atoms with E-state index in [1.54, 1.807) is 6.33 Å². The van der Waals surface area contributed by atoms with Crippen molar-refractivity contribution in [3.05, 3.63) is 40.6 Å². The van der Waals surface area contributed by atoms with Crippen molar-refractivity contribution in [1.82, 2.24) is 15.0 Å². The minimum atomic E-state index is 0.629. The number of aromatic nitrogens is 3. The van der Waals surface area contributed by atoms with Crippen LogP contribution < -0.4 is 0 Å². The second kappa shape index (κ2) is 3.90. The fourth-order valence-corrected chi connectivity index (χ4v) is 1.54. The van der Waals surface area contributed by atoms with E-state index in [-0.39, 0.29) is 0 Å². The lowest BCUT2D eigenvalue weighted by Gasteiger charge is -2.05. The fourth-order valence-electron chi connectivity index (χ4n) is 1.38. The summed E-state index contributed by atoms with van der Waals surface area (Å²) in [5.74, 6) is 0. The number of nitrogens with one attached hydrogen (secondary N) is 1. The molecule has 2 heterocycles. The third-order valence-corrected chi connectivity index (χ3v) is 2.70. The maximum atomic E-state index is 5.12. The zero-order valence-corrected chi connectivity index (χ0v) is 9.43. The van der Waals surface area contributed by atoms with Crippen LogP contribution in [0.1, 0.15) is 11.3 Å². The molecule has 0 aliphatic rings. The summed E-state index contributed by atoms with van der Waals surface area (Å²) in [4.78, 5) is 11.4. The molecule has 15 heavy (non-hydrogen) atoms. The van der Waals surface area contributed by atoms with Gasteiger partial charge in [0, 0.05) is 23.0 Å². The molecule has 1 N–H and O–H groups in total. The van der Waals surface area contributed by atoms with E-state index in [0.29, 0.717) is 4.64 Å². The highest BCUT2D eigenvalue weighted by atomic mass is 32.1. The van der Waals surface area contributed by atoms with Crippen LogP contribution in [0.25, 0.3) is 11.3 Å². The summed E-state index contributed by atoms with van der Waals surface area (Å²) in [6, 6.07) is 4.00. The monoisotopic (exact) mass is 217 g/mol. The smallest absolute Gasteiger partial charge is 0.132 e.